The number of fused-ring (bicyclic) bond motifs is 2. The monoisotopic (exact) mass is 554 g/mol. The van der Waals surface area contributed by atoms with Gasteiger partial charge in [0, 0.05) is 26.4 Å². The minimum Gasteiger partial charge on any atom is -0.381 e. The number of ether oxygens (including phenoxy) is 2. The maximum atomic E-state index is 4.94. The van der Waals surface area contributed by atoms with Crippen LogP contribution < -0.4 is 0 Å². The third-order valence-corrected chi connectivity index (χ3v) is 13.9. The maximum Gasteiger partial charge on any atom is 3.00 e. The van der Waals surface area contributed by atoms with Crippen molar-refractivity contribution < 1.29 is 9.47 Å². The Balaban J connectivity index is -0.000000616. The third-order valence-electron chi connectivity index (χ3n) is 8.71. The Morgan fingerprint density at radius 1 is 0.514 bits per heavy atom. The molecule has 2 saturated carbocycles. The van der Waals surface area contributed by atoms with Gasteiger partial charge in [-0.15, -0.1) is 0 Å². The van der Waals surface area contributed by atoms with Crippen molar-refractivity contribution in [3.8, 4) is 0 Å². The molecule has 5 heteroatoms. The van der Waals surface area contributed by atoms with Crippen LogP contribution in [-0.2, 0) is 9.47 Å². The summed E-state index contributed by atoms with van der Waals surface area (Å²) in [6.45, 7) is 9.43. The van der Waals surface area contributed by atoms with Crippen molar-refractivity contribution in [3.05, 3.63) is 78.3 Å². The SMILES string of the molecule is C1CCOC1.C1CCOC1.C[Si](C)(C1CCC2C=CC=CC21)C1CCC2C=CC=CC21.[Al+3].[Al+3].[CH3-].[CH3-].[CH3-].[CH3-]. The molecule has 2 nitrogen and oxygen atoms in total. The summed E-state index contributed by atoms with van der Waals surface area (Å²) >= 11 is 0. The Labute approximate surface area is 255 Å². The van der Waals surface area contributed by atoms with Crippen LogP contribution in [0.25, 0.3) is 0 Å². The van der Waals surface area contributed by atoms with Gasteiger partial charge in [-0.1, -0.05) is 74.5 Å². The molecule has 4 aliphatic carbocycles. The number of hydrogen-bond acceptors (Lipinski definition) is 2. The summed E-state index contributed by atoms with van der Waals surface area (Å²) in [5, 5.41) is 0. The van der Waals surface area contributed by atoms with Crippen LogP contribution in [-0.4, -0.2) is 69.2 Å². The molecule has 37 heavy (non-hydrogen) atoms. The molecule has 204 valence electrons. The molecule has 0 bridgehead atoms. The molecule has 0 N–H and O–H groups in total. The first-order chi connectivity index (χ1) is 15.2. The molecule has 0 aromatic carbocycles. The zero-order valence-electron chi connectivity index (χ0n) is 25.0. The van der Waals surface area contributed by atoms with Crippen LogP contribution in [0.15, 0.2) is 48.6 Å². The Morgan fingerprint density at radius 2 is 0.838 bits per heavy atom. The van der Waals surface area contributed by atoms with Crippen molar-refractivity contribution in [3.63, 3.8) is 0 Å². The smallest absolute Gasteiger partial charge is 0.381 e. The molecule has 0 amide bonds. The molecule has 6 atom stereocenters. The van der Waals surface area contributed by atoms with E-state index in [1.54, 1.807) is 0 Å². The molecule has 2 aliphatic heterocycles. The van der Waals surface area contributed by atoms with Gasteiger partial charge in [-0.25, -0.2) is 0 Å². The van der Waals surface area contributed by atoms with Crippen LogP contribution in [0.1, 0.15) is 51.4 Å². The summed E-state index contributed by atoms with van der Waals surface area (Å²) in [7, 11) is -1.22. The van der Waals surface area contributed by atoms with Gasteiger partial charge in [0.25, 0.3) is 0 Å². The second kappa shape index (κ2) is 21.0. The fourth-order valence-corrected chi connectivity index (χ4v) is 12.0. The number of allylic oxidation sites excluding steroid dienone is 8. The van der Waals surface area contributed by atoms with Gasteiger partial charge in [0.15, 0.2) is 0 Å². The predicted octanol–water partition coefficient (Wildman–Crippen LogP) is 8.37. The average Bonchev–Trinajstić information content (AvgIpc) is 3.61. The Kier molecular flexibility index (Phi) is 23.6. The van der Waals surface area contributed by atoms with Crippen molar-refractivity contribution >= 4 is 42.8 Å². The van der Waals surface area contributed by atoms with Gasteiger partial charge < -0.3 is 39.2 Å². The fourth-order valence-electron chi connectivity index (χ4n) is 6.94. The van der Waals surface area contributed by atoms with Crippen LogP contribution in [0.4, 0.5) is 0 Å². The van der Waals surface area contributed by atoms with Crippen molar-refractivity contribution in [2.24, 2.45) is 23.7 Å². The van der Waals surface area contributed by atoms with Gasteiger partial charge >= 0.3 is 34.7 Å². The first-order valence-corrected chi connectivity index (χ1v) is 16.2. The molecule has 0 radical (unpaired) electrons. The van der Waals surface area contributed by atoms with Crippen LogP contribution in [0.2, 0.25) is 24.2 Å². The molecule has 2 heterocycles. The second-order valence-electron chi connectivity index (χ2n) is 10.9. The number of hydrogen-bond donors (Lipinski definition) is 0. The van der Waals surface area contributed by atoms with E-state index in [4.69, 9.17) is 9.47 Å². The van der Waals surface area contributed by atoms with Crippen LogP contribution >= 0.6 is 0 Å². The van der Waals surface area contributed by atoms with E-state index in [0.29, 0.717) is 0 Å². The van der Waals surface area contributed by atoms with Crippen molar-refractivity contribution in [1.82, 2.24) is 0 Å². The van der Waals surface area contributed by atoms with Gasteiger partial charge in [-0.3, -0.25) is 0 Å². The normalized spacial score (nSPS) is 31.5. The molecule has 6 aliphatic rings. The van der Waals surface area contributed by atoms with Crippen molar-refractivity contribution in [2.75, 3.05) is 26.4 Å². The molecule has 6 unspecified atom stereocenters. The summed E-state index contributed by atoms with van der Waals surface area (Å²) in [5.41, 5.74) is 2.01. The maximum absolute atomic E-state index is 4.94. The van der Waals surface area contributed by atoms with E-state index in [2.05, 4.69) is 61.7 Å². The van der Waals surface area contributed by atoms with Gasteiger partial charge in [0.1, 0.15) is 0 Å². The van der Waals surface area contributed by atoms with E-state index in [1.807, 2.05) is 0 Å². The van der Waals surface area contributed by atoms with E-state index in [0.717, 1.165) is 61.2 Å². The van der Waals surface area contributed by atoms with Gasteiger partial charge in [0.2, 0.25) is 0 Å². The van der Waals surface area contributed by atoms with Gasteiger partial charge in [-0.05, 0) is 73.3 Å². The molecule has 2 saturated heterocycles. The average molecular weight is 555 g/mol. The fraction of sp³-hybridized carbons (Fsp3) is 0.625. The summed E-state index contributed by atoms with van der Waals surface area (Å²) in [4.78, 5) is 0. The van der Waals surface area contributed by atoms with Crippen LogP contribution in [0.5, 0.6) is 0 Å². The predicted molar refractivity (Wildman–Crippen MR) is 171 cm³/mol. The zero-order chi connectivity index (χ0) is 21.5. The minimum absolute atomic E-state index is 0. The van der Waals surface area contributed by atoms with E-state index in [1.165, 1.54) is 51.4 Å². The molecule has 0 spiro atoms. The van der Waals surface area contributed by atoms with E-state index >= 15 is 0 Å². The first kappa shape index (κ1) is 41.6. The van der Waals surface area contributed by atoms with E-state index < -0.39 is 8.07 Å². The van der Waals surface area contributed by atoms with Crippen molar-refractivity contribution in [2.45, 2.75) is 75.5 Å². The van der Waals surface area contributed by atoms with E-state index in [-0.39, 0.29) is 64.4 Å². The zero-order valence-corrected chi connectivity index (χ0v) is 28.3. The van der Waals surface area contributed by atoms with Gasteiger partial charge in [0.05, 0.1) is 8.07 Å². The Hall–Kier alpha value is 0.162. The molecular weight excluding hydrogens is 498 g/mol. The molecule has 0 aromatic rings. The van der Waals surface area contributed by atoms with Crippen molar-refractivity contribution in [1.29, 1.82) is 0 Å². The Morgan fingerprint density at radius 3 is 1.14 bits per heavy atom. The quantitative estimate of drug-likeness (QED) is 0.252. The van der Waals surface area contributed by atoms with Crippen LogP contribution in [0.3, 0.4) is 0 Å². The molecule has 6 rings (SSSR count). The standard InChI is InChI=1S/C20H28Si.2C4H8O.4CH3.2Al/c1-21(2,19-13-11-15-7-3-5-9-17(15)19)20-14-12-16-8-4-6-10-18(16)20;2*1-2-4-5-3-1;;;;;;/h3-10,15-20H,11-14H2,1-2H3;2*1-4H2;4*1H3;;/q;;;4*-1;2*+3. The largest absolute Gasteiger partial charge is 3.00 e. The third kappa shape index (κ3) is 10.9. The first-order valence-electron chi connectivity index (χ1n) is 13.0. The Bertz CT molecular complexity index is 609. The molecule has 0 aromatic heterocycles. The second-order valence-corrected chi connectivity index (χ2v) is 16.0. The summed E-state index contributed by atoms with van der Waals surface area (Å²) in [6.07, 6.45) is 30.2. The molecule has 4 fully saturated rings. The summed E-state index contributed by atoms with van der Waals surface area (Å²) < 4.78 is 9.89. The topological polar surface area (TPSA) is 18.5 Å². The summed E-state index contributed by atoms with van der Waals surface area (Å²) in [6, 6.07) is 0. The minimum atomic E-state index is -1.22. The summed E-state index contributed by atoms with van der Waals surface area (Å²) in [5.74, 6) is 3.43. The number of rotatable bonds is 2. The van der Waals surface area contributed by atoms with Crippen LogP contribution in [0, 0.1) is 53.4 Å². The molecular formula is C32H56Al2O2Si+2. The van der Waals surface area contributed by atoms with Gasteiger partial charge in [-0.2, -0.15) is 0 Å². The van der Waals surface area contributed by atoms with E-state index in [9.17, 15) is 0 Å².